The number of hydrogen-bond acceptors (Lipinski definition) is 6. The predicted molar refractivity (Wildman–Crippen MR) is 86.3 cm³/mol. The molecule has 2 heterocycles. The Hall–Kier alpha value is -0.690. The third-order valence-corrected chi connectivity index (χ3v) is 6.98. The molecule has 0 aromatic rings. The SMILES string of the molecule is CC1(C)O[C@@H]2[C@H](O1)[C@@H](COC(=O)C13CC4CC(CC(C4)C1)C3)O[C@@H]2O. The summed E-state index contributed by atoms with van der Waals surface area (Å²) in [5.74, 6) is 1.31. The van der Waals surface area contributed by atoms with Crippen molar-refractivity contribution in [1.29, 1.82) is 0 Å². The first-order chi connectivity index (χ1) is 11.8. The Kier molecular flexibility index (Phi) is 3.57. The van der Waals surface area contributed by atoms with Crippen molar-refractivity contribution in [3.63, 3.8) is 0 Å². The van der Waals surface area contributed by atoms with Gasteiger partial charge in [-0.25, -0.2) is 0 Å². The van der Waals surface area contributed by atoms with Gasteiger partial charge in [0.15, 0.2) is 12.1 Å². The normalized spacial score (nSPS) is 52.4. The molecular formula is C19H28O6. The summed E-state index contributed by atoms with van der Waals surface area (Å²) in [6.45, 7) is 3.76. The van der Waals surface area contributed by atoms with E-state index < -0.39 is 30.4 Å². The number of aliphatic hydroxyl groups excluding tert-OH is 1. The average Bonchev–Trinajstić information content (AvgIpc) is 2.98. The Balaban J connectivity index is 1.24. The van der Waals surface area contributed by atoms with Crippen LogP contribution in [0.25, 0.3) is 0 Å². The summed E-state index contributed by atoms with van der Waals surface area (Å²) in [6.07, 6.45) is 4.46. The maximum atomic E-state index is 12.9. The molecule has 1 N–H and O–H groups in total. The van der Waals surface area contributed by atoms with Crippen LogP contribution >= 0.6 is 0 Å². The van der Waals surface area contributed by atoms with E-state index in [0.29, 0.717) is 17.8 Å². The van der Waals surface area contributed by atoms with Crippen molar-refractivity contribution in [3.05, 3.63) is 0 Å². The van der Waals surface area contributed by atoms with E-state index in [-0.39, 0.29) is 18.0 Å². The smallest absolute Gasteiger partial charge is 0.312 e. The van der Waals surface area contributed by atoms with Crippen LogP contribution in [0.2, 0.25) is 0 Å². The minimum absolute atomic E-state index is 0.0636. The molecule has 0 spiro atoms. The van der Waals surface area contributed by atoms with Gasteiger partial charge in [0.1, 0.15) is 24.9 Å². The lowest BCUT2D eigenvalue weighted by Gasteiger charge is -2.55. The van der Waals surface area contributed by atoms with E-state index in [1.165, 1.54) is 19.3 Å². The molecule has 0 amide bonds. The van der Waals surface area contributed by atoms with Gasteiger partial charge < -0.3 is 24.1 Å². The number of fused-ring (bicyclic) bond motifs is 1. The summed E-state index contributed by atoms with van der Waals surface area (Å²) < 4.78 is 22.8. The molecule has 2 aliphatic heterocycles. The fraction of sp³-hybridized carbons (Fsp3) is 0.947. The Labute approximate surface area is 148 Å². The van der Waals surface area contributed by atoms with Gasteiger partial charge in [-0.1, -0.05) is 0 Å². The zero-order chi connectivity index (χ0) is 17.4. The van der Waals surface area contributed by atoms with Crippen molar-refractivity contribution >= 4 is 5.97 Å². The highest BCUT2D eigenvalue weighted by Gasteiger charge is 2.57. The molecule has 4 aliphatic carbocycles. The van der Waals surface area contributed by atoms with Crippen molar-refractivity contribution in [2.75, 3.05) is 6.61 Å². The number of hydrogen-bond donors (Lipinski definition) is 1. The third-order valence-electron chi connectivity index (χ3n) is 6.98. The molecular weight excluding hydrogens is 324 g/mol. The molecule has 140 valence electrons. The maximum absolute atomic E-state index is 12.9. The van der Waals surface area contributed by atoms with Gasteiger partial charge in [-0.3, -0.25) is 4.79 Å². The topological polar surface area (TPSA) is 74.2 Å². The highest BCUT2D eigenvalue weighted by atomic mass is 16.8. The monoisotopic (exact) mass is 352 g/mol. The number of carbonyl (C=O) groups is 1. The van der Waals surface area contributed by atoms with E-state index in [1.807, 2.05) is 13.8 Å². The fourth-order valence-corrected chi connectivity index (χ4v) is 6.46. The Morgan fingerprint density at radius 1 is 1.04 bits per heavy atom. The summed E-state index contributed by atoms with van der Waals surface area (Å²) in [6, 6.07) is 0. The van der Waals surface area contributed by atoms with Crippen molar-refractivity contribution in [2.24, 2.45) is 23.2 Å². The molecule has 4 atom stereocenters. The fourth-order valence-electron chi connectivity index (χ4n) is 6.46. The zero-order valence-corrected chi connectivity index (χ0v) is 15.0. The molecule has 4 bridgehead atoms. The van der Waals surface area contributed by atoms with Crippen LogP contribution in [0.1, 0.15) is 52.4 Å². The number of rotatable bonds is 3. The second-order valence-corrected chi connectivity index (χ2v) is 9.43. The molecule has 6 nitrogen and oxygen atoms in total. The summed E-state index contributed by atoms with van der Waals surface area (Å²) in [5, 5.41) is 10.0. The summed E-state index contributed by atoms with van der Waals surface area (Å²) >= 11 is 0. The van der Waals surface area contributed by atoms with Crippen LogP contribution in [-0.2, 0) is 23.7 Å². The van der Waals surface area contributed by atoms with Crippen LogP contribution in [0.5, 0.6) is 0 Å². The second kappa shape index (κ2) is 5.41. The molecule has 25 heavy (non-hydrogen) atoms. The van der Waals surface area contributed by atoms with Crippen LogP contribution in [0.4, 0.5) is 0 Å². The third kappa shape index (κ3) is 2.64. The second-order valence-electron chi connectivity index (χ2n) is 9.43. The van der Waals surface area contributed by atoms with Gasteiger partial charge in [0.25, 0.3) is 0 Å². The first kappa shape index (κ1) is 16.5. The van der Waals surface area contributed by atoms with E-state index in [1.54, 1.807) is 0 Å². The maximum Gasteiger partial charge on any atom is 0.312 e. The minimum atomic E-state index is -1.03. The number of ether oxygens (including phenoxy) is 4. The summed E-state index contributed by atoms with van der Waals surface area (Å²) in [5.41, 5.74) is -0.266. The molecule has 2 saturated heterocycles. The largest absolute Gasteiger partial charge is 0.462 e. The minimum Gasteiger partial charge on any atom is -0.462 e. The number of carbonyl (C=O) groups excluding carboxylic acids is 1. The molecule has 0 radical (unpaired) electrons. The molecule has 6 aliphatic rings. The summed E-state index contributed by atoms with van der Waals surface area (Å²) in [4.78, 5) is 12.9. The van der Waals surface area contributed by atoms with E-state index >= 15 is 0 Å². The molecule has 6 fully saturated rings. The van der Waals surface area contributed by atoms with Crippen LogP contribution in [0.15, 0.2) is 0 Å². The quantitative estimate of drug-likeness (QED) is 0.783. The van der Waals surface area contributed by atoms with Crippen LogP contribution in [0.3, 0.4) is 0 Å². The van der Waals surface area contributed by atoms with Crippen molar-refractivity contribution in [1.82, 2.24) is 0 Å². The standard InChI is InChI=1S/C19H28O6/c1-18(2)24-14-13(23-16(20)15(14)25-18)9-22-17(21)19-6-10-3-11(7-19)5-12(4-10)8-19/h10-16,20H,3-9H2,1-2H3/t10?,11?,12?,13-,14-,15-,16+,19?/m1/s1. The Morgan fingerprint density at radius 2 is 1.60 bits per heavy atom. The van der Waals surface area contributed by atoms with Gasteiger partial charge in [0.2, 0.25) is 0 Å². The van der Waals surface area contributed by atoms with Crippen molar-refractivity contribution in [3.8, 4) is 0 Å². The lowest BCUT2D eigenvalue weighted by atomic mass is 9.49. The lowest BCUT2D eigenvalue weighted by molar-refractivity contribution is -0.226. The van der Waals surface area contributed by atoms with E-state index in [2.05, 4.69) is 0 Å². The molecule has 0 unspecified atom stereocenters. The average molecular weight is 352 g/mol. The number of esters is 1. The first-order valence-electron chi connectivity index (χ1n) is 9.70. The van der Waals surface area contributed by atoms with Crippen molar-refractivity contribution in [2.45, 2.75) is 82.8 Å². The van der Waals surface area contributed by atoms with Gasteiger partial charge in [-0.15, -0.1) is 0 Å². The van der Waals surface area contributed by atoms with Crippen LogP contribution in [0, 0.1) is 23.2 Å². The van der Waals surface area contributed by atoms with Crippen LogP contribution in [-0.4, -0.2) is 48.1 Å². The van der Waals surface area contributed by atoms with Gasteiger partial charge in [-0.05, 0) is 70.1 Å². The molecule has 6 heteroatoms. The van der Waals surface area contributed by atoms with Gasteiger partial charge >= 0.3 is 5.97 Å². The predicted octanol–water partition coefficient (Wildman–Crippen LogP) is 1.98. The molecule has 4 saturated carbocycles. The van der Waals surface area contributed by atoms with Gasteiger partial charge in [0, 0.05) is 0 Å². The number of aliphatic hydroxyl groups is 1. The van der Waals surface area contributed by atoms with Crippen LogP contribution < -0.4 is 0 Å². The molecule has 0 aromatic carbocycles. The van der Waals surface area contributed by atoms with Gasteiger partial charge in [-0.2, -0.15) is 0 Å². The van der Waals surface area contributed by atoms with E-state index in [9.17, 15) is 9.90 Å². The Bertz CT molecular complexity index is 537. The zero-order valence-electron chi connectivity index (χ0n) is 15.0. The highest BCUT2D eigenvalue weighted by molar-refractivity contribution is 5.77. The van der Waals surface area contributed by atoms with Gasteiger partial charge in [0.05, 0.1) is 5.41 Å². The summed E-state index contributed by atoms with van der Waals surface area (Å²) in [7, 11) is 0. The van der Waals surface area contributed by atoms with Crippen molar-refractivity contribution < 1.29 is 28.8 Å². The highest BCUT2D eigenvalue weighted by Crippen LogP contribution is 2.60. The van der Waals surface area contributed by atoms with E-state index in [0.717, 1.165) is 19.3 Å². The molecule has 0 aromatic heterocycles. The Morgan fingerprint density at radius 3 is 2.20 bits per heavy atom. The first-order valence-corrected chi connectivity index (χ1v) is 9.70. The lowest BCUT2D eigenvalue weighted by Crippen LogP contribution is -2.51. The van der Waals surface area contributed by atoms with E-state index in [4.69, 9.17) is 18.9 Å². The molecule has 6 rings (SSSR count).